The van der Waals surface area contributed by atoms with E-state index >= 15 is 0 Å². The number of H-pyrrole nitrogens is 1. The van der Waals surface area contributed by atoms with Crippen LogP contribution in [0.1, 0.15) is 55.2 Å². The molecule has 0 radical (unpaired) electrons. The predicted octanol–water partition coefficient (Wildman–Crippen LogP) is 2.51. The van der Waals surface area contributed by atoms with E-state index in [1.165, 1.54) is 38.3 Å². The minimum atomic E-state index is -0.618. The molecule has 1 saturated carbocycles. The number of nitrogens with one attached hydrogen (secondary N) is 1. The largest absolute Gasteiger partial charge is 0.462 e. The van der Waals surface area contributed by atoms with Crippen LogP contribution >= 0.6 is 11.8 Å². The van der Waals surface area contributed by atoms with Crippen LogP contribution in [0.2, 0.25) is 0 Å². The van der Waals surface area contributed by atoms with Gasteiger partial charge in [-0.3, -0.25) is 4.79 Å². The second-order valence-electron chi connectivity index (χ2n) is 4.86. The van der Waals surface area contributed by atoms with Crippen LogP contribution in [0, 0.1) is 0 Å². The number of thioether (sulfide) groups is 1. The fourth-order valence-corrected chi connectivity index (χ4v) is 3.49. The van der Waals surface area contributed by atoms with Crippen LogP contribution in [0.15, 0.2) is 11.0 Å². The summed E-state index contributed by atoms with van der Waals surface area (Å²) in [6, 6.07) is 0. The van der Waals surface area contributed by atoms with Gasteiger partial charge in [-0.1, -0.05) is 19.3 Å². The normalized spacial score (nSPS) is 16.1. The first-order chi connectivity index (χ1) is 9.70. The van der Waals surface area contributed by atoms with Gasteiger partial charge in [-0.2, -0.15) is 11.8 Å². The second kappa shape index (κ2) is 7.47. The summed E-state index contributed by atoms with van der Waals surface area (Å²) in [5.74, 6) is 0.689. The smallest absolute Gasteiger partial charge is 0.345 e. The van der Waals surface area contributed by atoms with Crippen LogP contribution in [0.3, 0.4) is 0 Å². The first-order valence-electron chi connectivity index (χ1n) is 7.07. The number of esters is 1. The van der Waals surface area contributed by atoms with Gasteiger partial charge in [-0.05, 0) is 19.8 Å². The molecule has 5 nitrogen and oxygen atoms in total. The fraction of sp³-hybridized carbons (Fsp3) is 0.643. The molecule has 0 saturated heterocycles. The Morgan fingerprint density at radius 2 is 2.20 bits per heavy atom. The van der Waals surface area contributed by atoms with E-state index in [-0.39, 0.29) is 12.2 Å². The molecule has 110 valence electrons. The molecule has 1 heterocycles. The Morgan fingerprint density at radius 3 is 2.85 bits per heavy atom. The third-order valence-electron chi connectivity index (χ3n) is 3.36. The number of aromatic amines is 1. The van der Waals surface area contributed by atoms with Gasteiger partial charge in [0.2, 0.25) is 0 Å². The Hall–Kier alpha value is -1.30. The fourth-order valence-electron chi connectivity index (χ4n) is 2.29. The van der Waals surface area contributed by atoms with E-state index in [0.29, 0.717) is 16.8 Å². The summed E-state index contributed by atoms with van der Waals surface area (Å²) in [4.78, 5) is 30.1. The van der Waals surface area contributed by atoms with Gasteiger partial charge in [0.15, 0.2) is 0 Å². The monoisotopic (exact) mass is 296 g/mol. The lowest BCUT2D eigenvalue weighted by Crippen LogP contribution is -2.22. The average molecular weight is 296 g/mol. The van der Waals surface area contributed by atoms with Gasteiger partial charge in [0, 0.05) is 11.4 Å². The SMILES string of the molecule is CCOC(=O)c1cnc(CSC2CCCCC2)[nH]c1=O. The lowest BCUT2D eigenvalue weighted by molar-refractivity contribution is 0.0523. The molecule has 1 aromatic rings. The van der Waals surface area contributed by atoms with Crippen molar-refractivity contribution in [2.24, 2.45) is 0 Å². The van der Waals surface area contributed by atoms with E-state index in [0.717, 1.165) is 0 Å². The third-order valence-corrected chi connectivity index (χ3v) is 4.74. The molecule has 20 heavy (non-hydrogen) atoms. The molecule has 1 aromatic heterocycles. The number of carbonyl (C=O) groups excluding carboxylic acids is 1. The number of rotatable bonds is 5. The number of hydrogen-bond acceptors (Lipinski definition) is 5. The van der Waals surface area contributed by atoms with Crippen molar-refractivity contribution in [2.45, 2.75) is 50.0 Å². The first kappa shape index (κ1) is 15.1. The summed E-state index contributed by atoms with van der Waals surface area (Å²) in [6.45, 7) is 1.95. The highest BCUT2D eigenvalue weighted by Gasteiger charge is 2.16. The molecule has 0 aromatic carbocycles. The number of aromatic nitrogens is 2. The highest BCUT2D eigenvalue weighted by Crippen LogP contribution is 2.29. The molecule has 2 rings (SSSR count). The lowest BCUT2D eigenvalue weighted by Gasteiger charge is -2.20. The molecular formula is C14H20N2O3S. The summed E-state index contributed by atoms with van der Waals surface area (Å²) >= 11 is 1.83. The summed E-state index contributed by atoms with van der Waals surface area (Å²) in [6.07, 6.45) is 7.73. The van der Waals surface area contributed by atoms with Crippen molar-refractivity contribution < 1.29 is 9.53 Å². The van der Waals surface area contributed by atoms with Gasteiger partial charge in [-0.15, -0.1) is 0 Å². The molecule has 0 spiro atoms. The van der Waals surface area contributed by atoms with Crippen molar-refractivity contribution in [1.29, 1.82) is 0 Å². The summed E-state index contributed by atoms with van der Waals surface area (Å²) in [5.41, 5.74) is -0.448. The van der Waals surface area contributed by atoms with Gasteiger partial charge in [0.05, 0.1) is 12.4 Å². The number of hydrogen-bond donors (Lipinski definition) is 1. The second-order valence-corrected chi connectivity index (χ2v) is 6.15. The van der Waals surface area contributed by atoms with Gasteiger partial charge in [-0.25, -0.2) is 9.78 Å². The van der Waals surface area contributed by atoms with Crippen molar-refractivity contribution in [3.63, 3.8) is 0 Å². The zero-order valence-corrected chi connectivity index (χ0v) is 12.5. The van der Waals surface area contributed by atoms with Crippen molar-refractivity contribution in [1.82, 2.24) is 9.97 Å². The minimum absolute atomic E-state index is 0.0294. The number of ether oxygens (including phenoxy) is 1. The number of nitrogens with zero attached hydrogens (tertiary/aromatic N) is 1. The molecule has 0 aliphatic heterocycles. The standard InChI is InChI=1S/C14H20N2O3S/c1-2-19-14(18)11-8-15-12(16-13(11)17)9-20-10-6-4-3-5-7-10/h8,10H,2-7,9H2,1H3,(H,15,16,17). The number of carbonyl (C=O) groups is 1. The van der Waals surface area contributed by atoms with Crippen LogP contribution < -0.4 is 5.56 Å². The van der Waals surface area contributed by atoms with Crippen LogP contribution in [0.25, 0.3) is 0 Å². The lowest BCUT2D eigenvalue weighted by atomic mass is 10.0. The van der Waals surface area contributed by atoms with Gasteiger partial charge in [0.25, 0.3) is 5.56 Å². The van der Waals surface area contributed by atoms with E-state index in [1.807, 2.05) is 11.8 Å². The van der Waals surface area contributed by atoms with Crippen molar-refractivity contribution in [2.75, 3.05) is 6.61 Å². The highest BCUT2D eigenvalue weighted by atomic mass is 32.2. The highest BCUT2D eigenvalue weighted by molar-refractivity contribution is 7.99. The molecule has 0 atom stereocenters. The minimum Gasteiger partial charge on any atom is -0.462 e. The van der Waals surface area contributed by atoms with Crippen molar-refractivity contribution in [3.05, 3.63) is 27.9 Å². The Balaban J connectivity index is 1.94. The van der Waals surface area contributed by atoms with Crippen LogP contribution in [-0.2, 0) is 10.5 Å². The molecule has 0 bridgehead atoms. The van der Waals surface area contributed by atoms with E-state index in [2.05, 4.69) is 9.97 Å². The Morgan fingerprint density at radius 1 is 1.45 bits per heavy atom. The topological polar surface area (TPSA) is 72.0 Å². The summed E-state index contributed by atoms with van der Waals surface area (Å²) in [5, 5.41) is 0.666. The third kappa shape index (κ3) is 4.10. The molecule has 0 unspecified atom stereocenters. The predicted molar refractivity (Wildman–Crippen MR) is 79.0 cm³/mol. The quantitative estimate of drug-likeness (QED) is 0.845. The zero-order chi connectivity index (χ0) is 14.4. The Labute approximate surface area is 122 Å². The maximum Gasteiger partial charge on any atom is 0.345 e. The van der Waals surface area contributed by atoms with Gasteiger partial charge >= 0.3 is 5.97 Å². The van der Waals surface area contributed by atoms with Crippen molar-refractivity contribution >= 4 is 17.7 Å². The average Bonchev–Trinajstić information content (AvgIpc) is 2.46. The Bertz CT molecular complexity index is 509. The maximum absolute atomic E-state index is 11.8. The zero-order valence-electron chi connectivity index (χ0n) is 11.7. The van der Waals surface area contributed by atoms with Crippen molar-refractivity contribution in [3.8, 4) is 0 Å². The first-order valence-corrected chi connectivity index (χ1v) is 8.12. The van der Waals surface area contributed by atoms with Crippen LogP contribution in [-0.4, -0.2) is 27.8 Å². The summed E-state index contributed by atoms with van der Waals surface area (Å²) < 4.78 is 4.80. The molecule has 1 fully saturated rings. The maximum atomic E-state index is 11.8. The molecule has 6 heteroatoms. The molecule has 1 aliphatic rings. The Kier molecular flexibility index (Phi) is 5.64. The molecule has 0 amide bonds. The van der Waals surface area contributed by atoms with Crippen LogP contribution in [0.4, 0.5) is 0 Å². The summed E-state index contributed by atoms with van der Waals surface area (Å²) in [7, 11) is 0. The van der Waals surface area contributed by atoms with E-state index < -0.39 is 11.5 Å². The van der Waals surface area contributed by atoms with E-state index in [9.17, 15) is 9.59 Å². The van der Waals surface area contributed by atoms with Crippen LogP contribution in [0.5, 0.6) is 0 Å². The van der Waals surface area contributed by atoms with Gasteiger partial charge < -0.3 is 9.72 Å². The molecular weight excluding hydrogens is 276 g/mol. The van der Waals surface area contributed by atoms with E-state index in [4.69, 9.17) is 4.74 Å². The van der Waals surface area contributed by atoms with E-state index in [1.54, 1.807) is 6.92 Å². The molecule has 1 aliphatic carbocycles. The van der Waals surface area contributed by atoms with Gasteiger partial charge in [0.1, 0.15) is 11.4 Å². The molecule has 1 N–H and O–H groups in total.